The summed E-state index contributed by atoms with van der Waals surface area (Å²) in [5.74, 6) is -0.735. The summed E-state index contributed by atoms with van der Waals surface area (Å²) in [7, 11) is 0. The van der Waals surface area contributed by atoms with E-state index < -0.39 is 24.1 Å². The van der Waals surface area contributed by atoms with Crippen LogP contribution in [0.25, 0.3) is 11.3 Å². The van der Waals surface area contributed by atoms with Crippen LogP contribution in [0.3, 0.4) is 0 Å². The quantitative estimate of drug-likeness (QED) is 0.593. The van der Waals surface area contributed by atoms with Crippen LogP contribution in [-0.4, -0.2) is 65.8 Å². The molecule has 186 valence electrons. The summed E-state index contributed by atoms with van der Waals surface area (Å²) in [5, 5.41) is 13.0. The number of aromatic amines is 1. The highest BCUT2D eigenvalue weighted by molar-refractivity contribution is 5.95. The molecule has 2 aromatic rings. The first-order valence-electron chi connectivity index (χ1n) is 11.8. The highest BCUT2D eigenvalue weighted by atomic mass is 16.7. The van der Waals surface area contributed by atoms with Gasteiger partial charge in [-0.2, -0.15) is 5.10 Å². The van der Waals surface area contributed by atoms with E-state index in [0.29, 0.717) is 12.4 Å². The van der Waals surface area contributed by atoms with Crippen LogP contribution < -0.4 is 15.5 Å². The Kier molecular flexibility index (Phi) is 5.97. The number of cyclic esters (lactones) is 1. The molecule has 3 amide bonds. The molecule has 35 heavy (non-hydrogen) atoms. The molecule has 1 aromatic carbocycles. The van der Waals surface area contributed by atoms with E-state index in [0.717, 1.165) is 47.3 Å². The second-order valence-electron chi connectivity index (χ2n) is 9.48. The lowest BCUT2D eigenvalue weighted by Gasteiger charge is -2.16. The lowest BCUT2D eigenvalue weighted by atomic mass is 10.0. The minimum atomic E-state index is -0.785. The van der Waals surface area contributed by atoms with Gasteiger partial charge in [-0.3, -0.25) is 19.6 Å². The summed E-state index contributed by atoms with van der Waals surface area (Å²) in [4.78, 5) is 37.9. The van der Waals surface area contributed by atoms with Crippen molar-refractivity contribution in [3.8, 4) is 11.3 Å². The Morgan fingerprint density at radius 2 is 2.11 bits per heavy atom. The largest absolute Gasteiger partial charge is 0.442 e. The Morgan fingerprint density at radius 3 is 2.86 bits per heavy atom. The average Bonchev–Trinajstić information content (AvgIpc) is 3.45. The number of nitrogens with zero attached hydrogens (tertiary/aromatic N) is 2. The number of ether oxygens (including phenoxy) is 3. The Balaban J connectivity index is 1.33. The van der Waals surface area contributed by atoms with Crippen LogP contribution >= 0.6 is 0 Å². The van der Waals surface area contributed by atoms with Gasteiger partial charge in [-0.1, -0.05) is 6.07 Å². The normalized spacial score (nSPS) is 22.7. The van der Waals surface area contributed by atoms with Gasteiger partial charge < -0.3 is 24.8 Å². The maximum absolute atomic E-state index is 12.7. The topological polar surface area (TPSA) is 135 Å². The van der Waals surface area contributed by atoms with E-state index in [1.165, 1.54) is 6.92 Å². The van der Waals surface area contributed by atoms with Gasteiger partial charge in [-0.05, 0) is 50.8 Å². The molecule has 0 bridgehead atoms. The summed E-state index contributed by atoms with van der Waals surface area (Å²) in [6.45, 7) is 5.83. The molecule has 2 aliphatic heterocycles. The van der Waals surface area contributed by atoms with Gasteiger partial charge >= 0.3 is 6.09 Å². The van der Waals surface area contributed by atoms with Crippen LogP contribution in [-0.2, 0) is 36.6 Å². The molecule has 1 aliphatic carbocycles. The van der Waals surface area contributed by atoms with Crippen LogP contribution in [0, 0.1) is 0 Å². The molecule has 0 radical (unpaired) electrons. The fourth-order valence-electron chi connectivity index (χ4n) is 4.70. The summed E-state index contributed by atoms with van der Waals surface area (Å²) < 4.78 is 16.5. The molecule has 0 saturated carbocycles. The van der Waals surface area contributed by atoms with Gasteiger partial charge in [0, 0.05) is 23.7 Å². The fraction of sp³-hybridized carbons (Fsp3) is 0.500. The van der Waals surface area contributed by atoms with E-state index in [1.807, 2.05) is 18.2 Å². The van der Waals surface area contributed by atoms with E-state index in [2.05, 4.69) is 20.8 Å². The van der Waals surface area contributed by atoms with Crippen LogP contribution in [0.4, 0.5) is 16.3 Å². The maximum atomic E-state index is 12.7. The van der Waals surface area contributed by atoms with E-state index in [-0.39, 0.29) is 25.0 Å². The molecule has 2 fully saturated rings. The molecule has 0 spiro atoms. The number of aryl methyl sites for hydroxylation is 1. The van der Waals surface area contributed by atoms with Gasteiger partial charge in [-0.15, -0.1) is 0 Å². The maximum Gasteiger partial charge on any atom is 0.414 e. The molecule has 11 heteroatoms. The number of nitrogens with one attached hydrogen (secondary N) is 3. The SMILES string of the molecule is CC(=O)NC[C@H]1CN(c2ccc3c(c2)CCCc2c(NC(=O)[C@@H]4COC(C)(C)O4)n[nH]c2-3)C(=O)O1. The monoisotopic (exact) mass is 483 g/mol. The lowest BCUT2D eigenvalue weighted by Crippen LogP contribution is -2.33. The minimum Gasteiger partial charge on any atom is -0.442 e. The van der Waals surface area contributed by atoms with Crippen LogP contribution in [0.5, 0.6) is 0 Å². The standard InChI is InChI=1S/C24H29N5O6/c1-13(30)25-10-16-11-29(23(32)34-16)15-7-8-17-14(9-15)5-4-6-18-20(17)27-28-21(18)26-22(31)19-12-33-24(2,3)35-19/h7-9,16,19H,4-6,10-12H2,1-3H3,(H,25,30)(H2,26,27,28,31)/t16-,19-/m0/s1. The Bertz CT molecular complexity index is 1180. The molecule has 3 aliphatic rings. The third-order valence-corrected chi connectivity index (χ3v) is 6.41. The summed E-state index contributed by atoms with van der Waals surface area (Å²) in [6, 6.07) is 5.84. The highest BCUT2D eigenvalue weighted by Crippen LogP contribution is 2.37. The minimum absolute atomic E-state index is 0.164. The molecule has 11 nitrogen and oxygen atoms in total. The number of carbonyl (C=O) groups excluding carboxylic acids is 3. The number of benzene rings is 1. The summed E-state index contributed by atoms with van der Waals surface area (Å²) >= 11 is 0. The van der Waals surface area contributed by atoms with E-state index in [4.69, 9.17) is 14.2 Å². The van der Waals surface area contributed by atoms with Crippen molar-refractivity contribution in [2.75, 3.05) is 29.9 Å². The number of rotatable bonds is 5. The molecule has 3 heterocycles. The Labute approximate surface area is 202 Å². The van der Waals surface area contributed by atoms with Crippen molar-refractivity contribution in [1.29, 1.82) is 0 Å². The molecule has 2 atom stereocenters. The second-order valence-corrected chi connectivity index (χ2v) is 9.48. The van der Waals surface area contributed by atoms with Gasteiger partial charge in [0.05, 0.1) is 25.4 Å². The third-order valence-electron chi connectivity index (χ3n) is 6.41. The van der Waals surface area contributed by atoms with E-state index in [9.17, 15) is 14.4 Å². The molecule has 0 unspecified atom stereocenters. The van der Waals surface area contributed by atoms with Crippen molar-refractivity contribution in [3.63, 3.8) is 0 Å². The Hall–Kier alpha value is -3.44. The predicted octanol–water partition coefficient (Wildman–Crippen LogP) is 2.12. The number of amides is 3. The number of fused-ring (bicyclic) bond motifs is 3. The van der Waals surface area contributed by atoms with E-state index >= 15 is 0 Å². The number of carbonyl (C=O) groups is 3. The molecule has 1 aromatic heterocycles. The molecule has 5 rings (SSSR count). The lowest BCUT2D eigenvalue weighted by molar-refractivity contribution is -0.150. The zero-order chi connectivity index (χ0) is 24.7. The van der Waals surface area contributed by atoms with Crippen molar-refractivity contribution in [2.45, 2.75) is 58.0 Å². The van der Waals surface area contributed by atoms with Gasteiger partial charge in [0.15, 0.2) is 17.7 Å². The van der Waals surface area contributed by atoms with Gasteiger partial charge in [0.1, 0.15) is 6.10 Å². The van der Waals surface area contributed by atoms with E-state index in [1.54, 1.807) is 18.7 Å². The average molecular weight is 484 g/mol. The number of hydrogen-bond acceptors (Lipinski definition) is 7. The number of H-pyrrole nitrogens is 1. The number of anilines is 2. The number of hydrogen-bond donors (Lipinski definition) is 3. The smallest absolute Gasteiger partial charge is 0.414 e. The van der Waals surface area contributed by atoms with Crippen molar-refractivity contribution in [1.82, 2.24) is 15.5 Å². The van der Waals surface area contributed by atoms with Crippen molar-refractivity contribution in [3.05, 3.63) is 29.3 Å². The first-order chi connectivity index (χ1) is 16.7. The zero-order valence-corrected chi connectivity index (χ0v) is 20.0. The summed E-state index contributed by atoms with van der Waals surface area (Å²) in [5.41, 5.74) is 4.61. The van der Waals surface area contributed by atoms with Gasteiger partial charge in [0.25, 0.3) is 5.91 Å². The fourth-order valence-corrected chi connectivity index (χ4v) is 4.70. The van der Waals surface area contributed by atoms with Crippen molar-refractivity contribution < 1.29 is 28.6 Å². The van der Waals surface area contributed by atoms with Crippen LogP contribution in [0.1, 0.15) is 38.3 Å². The van der Waals surface area contributed by atoms with Crippen molar-refractivity contribution >= 4 is 29.4 Å². The van der Waals surface area contributed by atoms with Crippen LogP contribution in [0.15, 0.2) is 18.2 Å². The molecular weight excluding hydrogens is 454 g/mol. The zero-order valence-electron chi connectivity index (χ0n) is 20.0. The first kappa shape index (κ1) is 23.3. The highest BCUT2D eigenvalue weighted by Gasteiger charge is 2.38. The number of aromatic nitrogens is 2. The van der Waals surface area contributed by atoms with Crippen LogP contribution in [0.2, 0.25) is 0 Å². The molecule has 2 saturated heterocycles. The third kappa shape index (κ3) is 4.73. The summed E-state index contributed by atoms with van der Waals surface area (Å²) in [6.07, 6.45) is 0.900. The first-order valence-corrected chi connectivity index (χ1v) is 11.8. The predicted molar refractivity (Wildman–Crippen MR) is 126 cm³/mol. The van der Waals surface area contributed by atoms with Crippen molar-refractivity contribution in [2.24, 2.45) is 0 Å². The molecular formula is C24H29N5O6. The Morgan fingerprint density at radius 1 is 1.29 bits per heavy atom. The second kappa shape index (κ2) is 8.97. The van der Waals surface area contributed by atoms with Gasteiger partial charge in [-0.25, -0.2) is 4.79 Å². The molecule has 3 N–H and O–H groups in total. The van der Waals surface area contributed by atoms with Gasteiger partial charge in [0.2, 0.25) is 5.91 Å².